The Labute approximate surface area is 97.7 Å². The van der Waals surface area contributed by atoms with Gasteiger partial charge in [0.25, 0.3) is 5.91 Å². The van der Waals surface area contributed by atoms with Crippen molar-refractivity contribution in [2.24, 2.45) is 0 Å². The third-order valence-electron chi connectivity index (χ3n) is 2.53. The highest BCUT2D eigenvalue weighted by Crippen LogP contribution is 2.08. The van der Waals surface area contributed by atoms with Crippen LogP contribution in [-0.4, -0.2) is 32.3 Å². The summed E-state index contributed by atoms with van der Waals surface area (Å²) in [6, 6.07) is -0.505. The minimum atomic E-state index is -0.505. The van der Waals surface area contributed by atoms with Crippen LogP contribution in [-0.2, 0) is 4.79 Å². The molecule has 6 heteroatoms. The van der Waals surface area contributed by atoms with Gasteiger partial charge < -0.3 is 5.32 Å². The summed E-state index contributed by atoms with van der Waals surface area (Å²) in [5.41, 5.74) is 1.02. The second-order valence-corrected chi connectivity index (χ2v) is 3.77. The molecule has 0 aliphatic rings. The molecule has 2 rings (SSSR count). The summed E-state index contributed by atoms with van der Waals surface area (Å²) in [5, 5.41) is 6.63. The van der Waals surface area contributed by atoms with Crippen molar-refractivity contribution < 1.29 is 9.59 Å². The lowest BCUT2D eigenvalue weighted by Crippen LogP contribution is -2.37. The summed E-state index contributed by atoms with van der Waals surface area (Å²) in [6.07, 6.45) is 6.25. The van der Waals surface area contributed by atoms with Gasteiger partial charge in [0.15, 0.2) is 5.78 Å². The fraction of sp³-hybridized carbons (Fsp3) is 0.273. The van der Waals surface area contributed by atoms with Gasteiger partial charge in [-0.3, -0.25) is 14.6 Å². The highest BCUT2D eigenvalue weighted by atomic mass is 16.2. The van der Waals surface area contributed by atoms with Crippen molar-refractivity contribution >= 4 is 17.2 Å². The van der Waals surface area contributed by atoms with Crippen LogP contribution in [0.5, 0.6) is 0 Å². The Morgan fingerprint density at radius 1 is 1.41 bits per heavy atom. The lowest BCUT2D eigenvalue weighted by molar-refractivity contribution is -0.118. The van der Waals surface area contributed by atoms with Crippen molar-refractivity contribution in [2.75, 3.05) is 0 Å². The van der Waals surface area contributed by atoms with Gasteiger partial charge >= 0.3 is 0 Å². The van der Waals surface area contributed by atoms with Crippen LogP contribution < -0.4 is 5.32 Å². The van der Waals surface area contributed by atoms with Crippen LogP contribution in [0.4, 0.5) is 0 Å². The molecule has 0 fully saturated rings. The number of fused-ring (bicyclic) bond motifs is 1. The van der Waals surface area contributed by atoms with Gasteiger partial charge in [-0.1, -0.05) is 0 Å². The second kappa shape index (κ2) is 4.32. The van der Waals surface area contributed by atoms with Crippen LogP contribution in [0, 0.1) is 0 Å². The molecule has 0 aliphatic heterocycles. The van der Waals surface area contributed by atoms with Crippen LogP contribution in [0.15, 0.2) is 24.8 Å². The smallest absolute Gasteiger partial charge is 0.255 e. The van der Waals surface area contributed by atoms with Gasteiger partial charge in [-0.15, -0.1) is 0 Å². The van der Waals surface area contributed by atoms with Gasteiger partial charge in [-0.2, -0.15) is 5.10 Å². The Balaban J connectivity index is 2.28. The first-order valence-corrected chi connectivity index (χ1v) is 5.18. The number of hydrogen-bond donors (Lipinski definition) is 1. The van der Waals surface area contributed by atoms with Crippen molar-refractivity contribution in [1.82, 2.24) is 19.9 Å². The molecule has 2 aromatic heterocycles. The Hall–Kier alpha value is -2.24. The number of nitrogens with zero attached hydrogens (tertiary/aromatic N) is 3. The molecule has 0 saturated heterocycles. The number of nitrogens with one attached hydrogen (secondary N) is 1. The van der Waals surface area contributed by atoms with Crippen molar-refractivity contribution in [3.63, 3.8) is 0 Å². The summed E-state index contributed by atoms with van der Waals surface area (Å²) in [4.78, 5) is 26.9. The molecule has 1 atom stereocenters. The van der Waals surface area contributed by atoms with Gasteiger partial charge in [-0.05, 0) is 13.8 Å². The van der Waals surface area contributed by atoms with Gasteiger partial charge in [-0.25, -0.2) is 4.52 Å². The zero-order valence-corrected chi connectivity index (χ0v) is 9.54. The molecule has 1 N–H and O–H groups in total. The predicted molar refractivity (Wildman–Crippen MR) is 60.6 cm³/mol. The van der Waals surface area contributed by atoms with E-state index in [-0.39, 0.29) is 11.7 Å². The molecule has 6 nitrogen and oxygen atoms in total. The summed E-state index contributed by atoms with van der Waals surface area (Å²) in [6.45, 7) is 3.08. The summed E-state index contributed by atoms with van der Waals surface area (Å²) in [7, 11) is 0. The van der Waals surface area contributed by atoms with E-state index >= 15 is 0 Å². The number of rotatable bonds is 3. The molecule has 0 spiro atoms. The SMILES string of the molecule is CC(=O)C(C)NC(=O)c1cnn2ccncc12. The second-order valence-electron chi connectivity index (χ2n) is 3.77. The Morgan fingerprint density at radius 3 is 2.88 bits per heavy atom. The third kappa shape index (κ3) is 2.15. The number of carbonyl (C=O) groups excluding carboxylic acids is 2. The fourth-order valence-corrected chi connectivity index (χ4v) is 1.39. The standard InChI is InChI=1S/C11H12N4O2/c1-7(8(2)16)14-11(17)9-5-13-15-4-3-12-6-10(9)15/h3-7H,1-2H3,(H,14,17). The fourth-order valence-electron chi connectivity index (χ4n) is 1.39. The lowest BCUT2D eigenvalue weighted by atomic mass is 10.2. The minimum Gasteiger partial charge on any atom is -0.342 e. The molecule has 88 valence electrons. The molecular weight excluding hydrogens is 220 g/mol. The predicted octanol–water partition coefficient (Wildman–Crippen LogP) is 0.437. The zero-order chi connectivity index (χ0) is 12.4. The average Bonchev–Trinajstić information content (AvgIpc) is 2.72. The van der Waals surface area contributed by atoms with E-state index in [2.05, 4.69) is 15.4 Å². The largest absolute Gasteiger partial charge is 0.342 e. The number of aromatic nitrogens is 3. The molecule has 17 heavy (non-hydrogen) atoms. The number of hydrogen-bond acceptors (Lipinski definition) is 4. The number of ketones is 1. The molecule has 0 saturated carbocycles. The van der Waals surface area contributed by atoms with E-state index in [4.69, 9.17) is 0 Å². The quantitative estimate of drug-likeness (QED) is 0.832. The van der Waals surface area contributed by atoms with E-state index in [1.54, 1.807) is 30.0 Å². The molecule has 0 radical (unpaired) electrons. The minimum absolute atomic E-state index is 0.0899. The average molecular weight is 232 g/mol. The molecule has 0 aromatic carbocycles. The van der Waals surface area contributed by atoms with Crippen LogP contribution in [0.2, 0.25) is 0 Å². The van der Waals surface area contributed by atoms with E-state index in [0.717, 1.165) is 0 Å². The van der Waals surface area contributed by atoms with Crippen molar-refractivity contribution in [3.05, 3.63) is 30.4 Å². The maximum atomic E-state index is 11.9. The van der Waals surface area contributed by atoms with E-state index in [1.807, 2.05) is 0 Å². The molecule has 2 heterocycles. The Bertz CT molecular complexity index is 576. The zero-order valence-electron chi connectivity index (χ0n) is 9.54. The first-order chi connectivity index (χ1) is 8.09. The highest BCUT2D eigenvalue weighted by molar-refractivity contribution is 6.02. The Morgan fingerprint density at radius 2 is 2.18 bits per heavy atom. The summed E-state index contributed by atoms with van der Waals surface area (Å²) < 4.78 is 1.56. The molecule has 0 aliphatic carbocycles. The number of Topliss-reactive ketones (excluding diaryl/α,β-unsaturated/α-hetero) is 1. The summed E-state index contributed by atoms with van der Waals surface area (Å²) in [5.74, 6) is -0.413. The topological polar surface area (TPSA) is 76.4 Å². The maximum absolute atomic E-state index is 11.9. The van der Waals surface area contributed by atoms with E-state index in [1.165, 1.54) is 13.1 Å². The monoisotopic (exact) mass is 232 g/mol. The van der Waals surface area contributed by atoms with Crippen LogP contribution >= 0.6 is 0 Å². The van der Waals surface area contributed by atoms with Crippen LogP contribution in [0.3, 0.4) is 0 Å². The highest BCUT2D eigenvalue weighted by Gasteiger charge is 2.16. The first kappa shape index (κ1) is 11.3. The number of carbonyl (C=O) groups is 2. The third-order valence-corrected chi connectivity index (χ3v) is 2.53. The lowest BCUT2D eigenvalue weighted by Gasteiger charge is -2.09. The summed E-state index contributed by atoms with van der Waals surface area (Å²) >= 11 is 0. The van der Waals surface area contributed by atoms with Crippen molar-refractivity contribution in [3.8, 4) is 0 Å². The normalized spacial score (nSPS) is 12.4. The molecule has 0 bridgehead atoms. The molecule has 2 aromatic rings. The van der Waals surface area contributed by atoms with E-state index in [0.29, 0.717) is 11.1 Å². The first-order valence-electron chi connectivity index (χ1n) is 5.18. The molecular formula is C11H12N4O2. The van der Waals surface area contributed by atoms with Gasteiger partial charge in [0.1, 0.15) is 0 Å². The van der Waals surface area contributed by atoms with Gasteiger partial charge in [0.2, 0.25) is 0 Å². The van der Waals surface area contributed by atoms with E-state index < -0.39 is 6.04 Å². The van der Waals surface area contributed by atoms with Crippen molar-refractivity contribution in [1.29, 1.82) is 0 Å². The van der Waals surface area contributed by atoms with Crippen LogP contribution in [0.25, 0.3) is 5.52 Å². The van der Waals surface area contributed by atoms with Crippen LogP contribution in [0.1, 0.15) is 24.2 Å². The Kier molecular flexibility index (Phi) is 2.86. The van der Waals surface area contributed by atoms with Gasteiger partial charge in [0.05, 0.1) is 29.5 Å². The molecule has 1 amide bonds. The maximum Gasteiger partial charge on any atom is 0.255 e. The van der Waals surface area contributed by atoms with Crippen molar-refractivity contribution in [2.45, 2.75) is 19.9 Å². The van der Waals surface area contributed by atoms with Gasteiger partial charge in [0, 0.05) is 12.4 Å². The molecule has 1 unspecified atom stereocenters. The van der Waals surface area contributed by atoms with E-state index in [9.17, 15) is 9.59 Å². The number of amides is 1.